The number of para-hydroxylation sites is 2. The number of benzene rings is 2. The zero-order valence-electron chi connectivity index (χ0n) is 11.8. The number of amides is 1. The molecule has 1 aromatic heterocycles. The number of halogens is 1. The van der Waals surface area contributed by atoms with Gasteiger partial charge in [-0.3, -0.25) is 4.79 Å². The van der Waals surface area contributed by atoms with E-state index in [1.807, 2.05) is 0 Å². The zero-order chi connectivity index (χ0) is 16.2. The van der Waals surface area contributed by atoms with Crippen LogP contribution in [0.5, 0.6) is 5.75 Å². The van der Waals surface area contributed by atoms with Crippen LogP contribution in [0.4, 0.5) is 5.69 Å². The van der Waals surface area contributed by atoms with Crippen LogP contribution < -0.4 is 5.32 Å². The van der Waals surface area contributed by atoms with Crippen molar-refractivity contribution in [3.8, 4) is 17.1 Å². The van der Waals surface area contributed by atoms with Gasteiger partial charge in [0.15, 0.2) is 0 Å². The van der Waals surface area contributed by atoms with E-state index in [1.165, 1.54) is 10.9 Å². The molecule has 0 saturated carbocycles. The van der Waals surface area contributed by atoms with Gasteiger partial charge in [-0.15, -0.1) is 10.2 Å². The molecule has 8 heteroatoms. The lowest BCUT2D eigenvalue weighted by atomic mass is 10.2. The summed E-state index contributed by atoms with van der Waals surface area (Å²) in [6, 6.07) is 13.5. The summed E-state index contributed by atoms with van der Waals surface area (Å²) in [4.78, 5) is 13.1. The van der Waals surface area contributed by atoms with E-state index >= 15 is 0 Å². The number of aromatic nitrogens is 4. The van der Waals surface area contributed by atoms with E-state index in [0.717, 1.165) is 5.56 Å². The quantitative estimate of drug-likeness (QED) is 0.717. The molecule has 0 spiro atoms. The molecule has 0 fully saturated rings. The van der Waals surface area contributed by atoms with Gasteiger partial charge in [0.05, 0.1) is 5.69 Å². The molecule has 0 aliphatic carbocycles. The van der Waals surface area contributed by atoms with Crippen molar-refractivity contribution in [2.45, 2.75) is 6.54 Å². The first kappa shape index (κ1) is 15.0. The zero-order valence-corrected chi connectivity index (χ0v) is 12.6. The minimum atomic E-state index is -0.369. The molecule has 7 nitrogen and oxygen atoms in total. The molecule has 2 aromatic carbocycles. The predicted octanol–water partition coefficient (Wildman–Crippen LogP) is 2.34. The number of rotatable bonds is 4. The third-order valence-electron chi connectivity index (χ3n) is 3.02. The smallest absolute Gasteiger partial charge is 0.248 e. The maximum Gasteiger partial charge on any atom is 0.248 e. The van der Waals surface area contributed by atoms with Crippen molar-refractivity contribution in [3.05, 3.63) is 53.6 Å². The molecule has 0 radical (unpaired) electrons. The topological polar surface area (TPSA) is 92.9 Å². The number of phenols is 1. The number of phenolic OH excluding ortho intramolecular Hbond substituents is 1. The van der Waals surface area contributed by atoms with Crippen molar-refractivity contribution in [1.29, 1.82) is 0 Å². The molecule has 1 amide bonds. The first-order chi connectivity index (χ1) is 11.1. The van der Waals surface area contributed by atoms with Crippen molar-refractivity contribution in [2.24, 2.45) is 0 Å². The summed E-state index contributed by atoms with van der Waals surface area (Å²) >= 11 is 5.83. The van der Waals surface area contributed by atoms with Crippen molar-refractivity contribution >= 4 is 23.2 Å². The number of tetrazole rings is 1. The van der Waals surface area contributed by atoms with Gasteiger partial charge in [-0.2, -0.15) is 4.80 Å². The summed E-state index contributed by atoms with van der Waals surface area (Å²) in [5, 5.41) is 24.7. The molecule has 0 unspecified atom stereocenters. The van der Waals surface area contributed by atoms with Crippen LogP contribution in [-0.4, -0.2) is 31.2 Å². The Morgan fingerprint density at radius 1 is 1.17 bits per heavy atom. The van der Waals surface area contributed by atoms with E-state index in [4.69, 9.17) is 11.6 Å². The Labute approximate surface area is 136 Å². The lowest BCUT2D eigenvalue weighted by Crippen LogP contribution is -2.20. The highest BCUT2D eigenvalue weighted by Crippen LogP contribution is 2.21. The number of hydrogen-bond donors (Lipinski definition) is 2. The first-order valence-corrected chi connectivity index (χ1v) is 7.11. The molecule has 3 aromatic rings. The Morgan fingerprint density at radius 2 is 1.91 bits per heavy atom. The largest absolute Gasteiger partial charge is 0.506 e. The minimum absolute atomic E-state index is 0.00532. The number of hydrogen-bond acceptors (Lipinski definition) is 5. The fourth-order valence-electron chi connectivity index (χ4n) is 1.92. The fourth-order valence-corrected chi connectivity index (χ4v) is 2.05. The Kier molecular flexibility index (Phi) is 4.20. The SMILES string of the molecule is O=C(Cn1nnc(-c2ccc(Cl)cc2)n1)Nc1ccccc1O. The number of carbonyl (C=O) groups is 1. The molecule has 23 heavy (non-hydrogen) atoms. The van der Waals surface area contributed by atoms with Crippen LogP contribution in [0.2, 0.25) is 5.02 Å². The van der Waals surface area contributed by atoms with E-state index in [0.29, 0.717) is 16.5 Å². The molecule has 0 atom stereocenters. The van der Waals surface area contributed by atoms with Gasteiger partial charge in [-0.05, 0) is 41.6 Å². The monoisotopic (exact) mass is 329 g/mol. The highest BCUT2D eigenvalue weighted by atomic mass is 35.5. The van der Waals surface area contributed by atoms with Gasteiger partial charge in [0, 0.05) is 10.6 Å². The third kappa shape index (κ3) is 3.64. The van der Waals surface area contributed by atoms with Crippen molar-refractivity contribution in [3.63, 3.8) is 0 Å². The van der Waals surface area contributed by atoms with Gasteiger partial charge >= 0.3 is 0 Å². The van der Waals surface area contributed by atoms with Crippen LogP contribution in [0.3, 0.4) is 0 Å². The van der Waals surface area contributed by atoms with Crippen LogP contribution >= 0.6 is 11.6 Å². The predicted molar refractivity (Wildman–Crippen MR) is 85.0 cm³/mol. The lowest BCUT2D eigenvalue weighted by Gasteiger charge is -2.05. The van der Waals surface area contributed by atoms with Gasteiger partial charge in [0.2, 0.25) is 11.7 Å². The Balaban J connectivity index is 1.68. The second-order valence-corrected chi connectivity index (χ2v) is 5.15. The van der Waals surface area contributed by atoms with Crippen LogP contribution in [0.1, 0.15) is 0 Å². The summed E-state index contributed by atoms with van der Waals surface area (Å²) in [6.45, 7) is -0.116. The maximum atomic E-state index is 12.0. The number of nitrogens with one attached hydrogen (secondary N) is 1. The summed E-state index contributed by atoms with van der Waals surface area (Å²) in [5.41, 5.74) is 1.08. The van der Waals surface area contributed by atoms with E-state index in [9.17, 15) is 9.90 Å². The number of nitrogens with zero attached hydrogens (tertiary/aromatic N) is 4. The van der Waals surface area contributed by atoms with E-state index in [-0.39, 0.29) is 18.2 Å². The number of carbonyl (C=O) groups excluding carboxylic acids is 1. The molecule has 3 rings (SSSR count). The minimum Gasteiger partial charge on any atom is -0.506 e. The number of anilines is 1. The van der Waals surface area contributed by atoms with Crippen LogP contribution in [0.25, 0.3) is 11.4 Å². The Hall–Kier alpha value is -2.93. The third-order valence-corrected chi connectivity index (χ3v) is 3.27. The van der Waals surface area contributed by atoms with E-state index in [1.54, 1.807) is 42.5 Å². The average Bonchev–Trinajstić information content (AvgIpc) is 2.98. The molecular weight excluding hydrogens is 318 g/mol. The van der Waals surface area contributed by atoms with Gasteiger partial charge in [-0.25, -0.2) is 0 Å². The van der Waals surface area contributed by atoms with Crippen LogP contribution in [-0.2, 0) is 11.3 Å². The molecule has 1 heterocycles. The highest BCUT2D eigenvalue weighted by Gasteiger charge is 2.10. The molecular formula is C15H12ClN5O2. The van der Waals surface area contributed by atoms with Crippen molar-refractivity contribution in [2.75, 3.05) is 5.32 Å². The lowest BCUT2D eigenvalue weighted by molar-refractivity contribution is -0.117. The Bertz CT molecular complexity index is 832. The normalized spacial score (nSPS) is 10.5. The number of aromatic hydroxyl groups is 1. The van der Waals surface area contributed by atoms with E-state index < -0.39 is 0 Å². The molecule has 0 aliphatic rings. The van der Waals surface area contributed by atoms with E-state index in [2.05, 4.69) is 20.7 Å². The van der Waals surface area contributed by atoms with Crippen molar-refractivity contribution < 1.29 is 9.90 Å². The second-order valence-electron chi connectivity index (χ2n) is 4.72. The van der Waals surface area contributed by atoms with Crippen molar-refractivity contribution in [1.82, 2.24) is 20.2 Å². The summed E-state index contributed by atoms with van der Waals surface area (Å²) in [6.07, 6.45) is 0. The maximum absolute atomic E-state index is 12.0. The standard InChI is InChI=1S/C15H12ClN5O2/c16-11-7-5-10(6-8-11)15-18-20-21(19-15)9-14(23)17-12-3-1-2-4-13(12)22/h1-8,22H,9H2,(H,17,23). The molecule has 0 bridgehead atoms. The first-order valence-electron chi connectivity index (χ1n) is 6.73. The van der Waals surface area contributed by atoms with Gasteiger partial charge in [0.25, 0.3) is 0 Å². The molecule has 0 aliphatic heterocycles. The van der Waals surface area contributed by atoms with Gasteiger partial charge in [0.1, 0.15) is 12.3 Å². The summed E-state index contributed by atoms with van der Waals surface area (Å²) in [5.74, 6) is 0.0258. The van der Waals surface area contributed by atoms with Crippen LogP contribution in [0.15, 0.2) is 48.5 Å². The summed E-state index contributed by atoms with van der Waals surface area (Å²) in [7, 11) is 0. The second kappa shape index (κ2) is 6.45. The highest BCUT2D eigenvalue weighted by molar-refractivity contribution is 6.30. The van der Waals surface area contributed by atoms with Gasteiger partial charge in [-0.1, -0.05) is 23.7 Å². The summed E-state index contributed by atoms with van der Waals surface area (Å²) < 4.78 is 0. The van der Waals surface area contributed by atoms with Crippen LogP contribution in [0, 0.1) is 0 Å². The fraction of sp³-hybridized carbons (Fsp3) is 0.0667. The average molecular weight is 330 g/mol. The molecule has 2 N–H and O–H groups in total. The molecule has 0 saturated heterocycles. The molecule has 116 valence electrons. The van der Waals surface area contributed by atoms with Gasteiger partial charge < -0.3 is 10.4 Å². The Morgan fingerprint density at radius 3 is 2.65 bits per heavy atom.